The zero-order valence-electron chi connectivity index (χ0n) is 16.0. The van der Waals surface area contributed by atoms with Gasteiger partial charge < -0.3 is 14.5 Å². The Morgan fingerprint density at radius 3 is 2.54 bits per heavy atom. The number of hydrogen-bond acceptors (Lipinski definition) is 4. The second-order valence-electron chi connectivity index (χ2n) is 7.16. The lowest BCUT2D eigenvalue weighted by atomic mass is 9.94. The van der Waals surface area contributed by atoms with Gasteiger partial charge >= 0.3 is 0 Å². The Morgan fingerprint density at radius 1 is 1.23 bits per heavy atom. The second kappa shape index (κ2) is 7.66. The van der Waals surface area contributed by atoms with E-state index in [0.717, 1.165) is 29.8 Å². The third kappa shape index (κ3) is 3.43. The maximum atomic E-state index is 13.1. The maximum Gasteiger partial charge on any atom is 0.277 e. The number of likely N-dealkylation sites (N-methyl/N-ethyl adjacent to an activating group) is 1. The highest BCUT2D eigenvalue weighted by molar-refractivity contribution is 7.80. The molecule has 1 saturated heterocycles. The fourth-order valence-corrected chi connectivity index (χ4v) is 4.01. The molecule has 1 aliphatic heterocycles. The van der Waals surface area contributed by atoms with Crippen molar-refractivity contribution in [2.75, 3.05) is 33.2 Å². The van der Waals surface area contributed by atoms with E-state index in [1.54, 1.807) is 7.11 Å². The average Bonchev–Trinajstić information content (AvgIpc) is 2.86. The zero-order chi connectivity index (χ0) is 18.8. The smallest absolute Gasteiger partial charge is 0.277 e. The van der Waals surface area contributed by atoms with Gasteiger partial charge in [0.05, 0.1) is 7.11 Å². The van der Waals surface area contributed by atoms with Gasteiger partial charge in [-0.1, -0.05) is 19.3 Å². The molecule has 2 aliphatic rings. The number of benzene rings is 1. The summed E-state index contributed by atoms with van der Waals surface area (Å²) < 4.78 is 5.54. The van der Waals surface area contributed by atoms with Crippen molar-refractivity contribution >= 4 is 35.0 Å². The third-order valence-corrected chi connectivity index (χ3v) is 5.73. The molecule has 0 unspecified atom stereocenters. The van der Waals surface area contributed by atoms with Crippen LogP contribution in [0.4, 0.5) is 5.69 Å². The van der Waals surface area contributed by atoms with Gasteiger partial charge in [0.15, 0.2) is 5.11 Å². The Kier molecular flexibility index (Phi) is 5.51. The Morgan fingerprint density at radius 2 is 1.92 bits per heavy atom. The molecule has 6 heteroatoms. The molecule has 1 heterocycles. The number of hydrogen-bond donors (Lipinski definition) is 0. The number of thiocarbonyl (C=S) groups is 1. The van der Waals surface area contributed by atoms with Crippen LogP contribution in [0, 0.1) is 0 Å². The van der Waals surface area contributed by atoms with Crippen molar-refractivity contribution in [3.05, 3.63) is 29.5 Å². The van der Waals surface area contributed by atoms with Crippen LogP contribution in [-0.2, 0) is 4.79 Å². The van der Waals surface area contributed by atoms with Crippen molar-refractivity contribution in [3.63, 3.8) is 0 Å². The number of rotatable bonds is 4. The summed E-state index contributed by atoms with van der Waals surface area (Å²) in [5.41, 5.74) is 2.53. The first-order valence-electron chi connectivity index (χ1n) is 9.12. The lowest BCUT2D eigenvalue weighted by Crippen LogP contribution is -2.41. The van der Waals surface area contributed by atoms with Gasteiger partial charge in [-0.15, -0.1) is 0 Å². The summed E-state index contributed by atoms with van der Waals surface area (Å²) in [6, 6.07) is 6.21. The summed E-state index contributed by atoms with van der Waals surface area (Å²) in [6.07, 6.45) is 7.54. The normalized spacial score (nSPS) is 20.2. The molecule has 0 aromatic heterocycles. The van der Waals surface area contributed by atoms with Gasteiger partial charge in [-0.25, -0.2) is 0 Å². The van der Waals surface area contributed by atoms with Gasteiger partial charge in [0.25, 0.3) is 5.91 Å². The van der Waals surface area contributed by atoms with Gasteiger partial charge in [-0.2, -0.15) is 0 Å². The molecule has 0 N–H and O–H groups in total. The summed E-state index contributed by atoms with van der Waals surface area (Å²) >= 11 is 5.58. The number of methoxy groups -OCH3 is 1. The molecule has 2 fully saturated rings. The predicted molar refractivity (Wildman–Crippen MR) is 109 cm³/mol. The number of ether oxygens (including phenoxy) is 1. The second-order valence-corrected chi connectivity index (χ2v) is 7.52. The minimum atomic E-state index is 0.00291. The lowest BCUT2D eigenvalue weighted by Gasteiger charge is -2.30. The van der Waals surface area contributed by atoms with E-state index in [1.807, 2.05) is 60.1 Å². The summed E-state index contributed by atoms with van der Waals surface area (Å²) in [4.78, 5) is 18.7. The standard InChI is InChI=1S/C20H27N3O2S/c1-21(2)16-11-10-14(18(13-16)25-4)12-17-19(24)23(20(26)22(17)3)15-8-6-5-7-9-15/h10-13,15H,5-9H2,1-4H3/b17-12+. The van der Waals surface area contributed by atoms with Crippen LogP contribution in [0.1, 0.15) is 37.7 Å². The highest BCUT2D eigenvalue weighted by atomic mass is 32.1. The van der Waals surface area contributed by atoms with Crippen molar-refractivity contribution in [3.8, 4) is 5.75 Å². The van der Waals surface area contributed by atoms with Crippen LogP contribution in [0.3, 0.4) is 0 Å². The molecule has 3 rings (SSSR count). The van der Waals surface area contributed by atoms with E-state index in [-0.39, 0.29) is 11.9 Å². The van der Waals surface area contributed by atoms with Crippen LogP contribution in [0.25, 0.3) is 6.08 Å². The van der Waals surface area contributed by atoms with E-state index in [4.69, 9.17) is 17.0 Å². The fraction of sp³-hybridized carbons (Fsp3) is 0.500. The number of anilines is 1. The molecule has 0 bridgehead atoms. The van der Waals surface area contributed by atoms with Crippen LogP contribution in [-0.4, -0.2) is 55.1 Å². The van der Waals surface area contributed by atoms with Crippen LogP contribution >= 0.6 is 12.2 Å². The molecular formula is C20H27N3O2S. The molecule has 0 radical (unpaired) electrons. The number of carbonyl (C=O) groups excluding carboxylic acids is 1. The van der Waals surface area contributed by atoms with Gasteiger partial charge in [-0.05, 0) is 43.3 Å². The summed E-state index contributed by atoms with van der Waals surface area (Å²) in [6.45, 7) is 0. The van der Waals surface area contributed by atoms with E-state index < -0.39 is 0 Å². The first-order chi connectivity index (χ1) is 12.4. The highest BCUT2D eigenvalue weighted by Crippen LogP contribution is 2.33. The van der Waals surface area contributed by atoms with Crippen molar-refractivity contribution in [2.45, 2.75) is 38.1 Å². The Hall–Kier alpha value is -2.08. The van der Waals surface area contributed by atoms with Gasteiger partial charge in [0.2, 0.25) is 0 Å². The number of carbonyl (C=O) groups is 1. The van der Waals surface area contributed by atoms with E-state index in [1.165, 1.54) is 19.3 Å². The molecule has 1 amide bonds. The summed E-state index contributed by atoms with van der Waals surface area (Å²) in [7, 11) is 7.49. The monoisotopic (exact) mass is 373 g/mol. The first kappa shape index (κ1) is 18.7. The highest BCUT2D eigenvalue weighted by Gasteiger charge is 2.40. The summed E-state index contributed by atoms with van der Waals surface area (Å²) in [5, 5.41) is 0.608. The lowest BCUT2D eigenvalue weighted by molar-refractivity contribution is -0.124. The molecule has 26 heavy (non-hydrogen) atoms. The first-order valence-corrected chi connectivity index (χ1v) is 9.53. The minimum absolute atomic E-state index is 0.00291. The Labute approximate surface area is 161 Å². The van der Waals surface area contributed by atoms with Gasteiger partial charge in [-0.3, -0.25) is 9.69 Å². The largest absolute Gasteiger partial charge is 0.496 e. The molecule has 140 valence electrons. The predicted octanol–water partition coefficient (Wildman–Crippen LogP) is 3.49. The molecule has 1 aromatic rings. The minimum Gasteiger partial charge on any atom is -0.496 e. The molecule has 5 nitrogen and oxygen atoms in total. The third-order valence-electron chi connectivity index (χ3n) is 5.26. The molecular weight excluding hydrogens is 346 g/mol. The maximum absolute atomic E-state index is 13.1. The molecule has 0 atom stereocenters. The van der Waals surface area contributed by atoms with E-state index in [2.05, 4.69) is 0 Å². The average molecular weight is 374 g/mol. The quantitative estimate of drug-likeness (QED) is 0.596. The van der Waals surface area contributed by atoms with Crippen molar-refractivity contribution in [1.82, 2.24) is 9.80 Å². The fourth-order valence-electron chi connectivity index (χ4n) is 3.68. The van der Waals surface area contributed by atoms with Crippen molar-refractivity contribution in [1.29, 1.82) is 0 Å². The Balaban J connectivity index is 1.93. The zero-order valence-corrected chi connectivity index (χ0v) is 16.8. The molecule has 1 aromatic carbocycles. The van der Waals surface area contributed by atoms with Crippen LogP contribution in [0.15, 0.2) is 23.9 Å². The van der Waals surface area contributed by atoms with Crippen molar-refractivity contribution in [2.24, 2.45) is 0 Å². The SMILES string of the molecule is COc1cc(N(C)C)ccc1/C=C1\C(=O)N(C2CCCCC2)C(=S)N1C. The molecule has 0 spiro atoms. The Bertz CT molecular complexity index is 739. The van der Waals surface area contributed by atoms with Crippen LogP contribution < -0.4 is 9.64 Å². The molecule has 1 saturated carbocycles. The van der Waals surface area contributed by atoms with Crippen LogP contribution in [0.2, 0.25) is 0 Å². The van der Waals surface area contributed by atoms with Crippen molar-refractivity contribution < 1.29 is 9.53 Å². The number of amides is 1. The van der Waals surface area contributed by atoms with Crippen LogP contribution in [0.5, 0.6) is 5.75 Å². The van der Waals surface area contributed by atoms with E-state index in [9.17, 15) is 4.79 Å². The van der Waals surface area contributed by atoms with Gasteiger partial charge in [0, 0.05) is 44.5 Å². The topological polar surface area (TPSA) is 36.0 Å². The summed E-state index contributed by atoms with van der Waals surface area (Å²) in [5.74, 6) is 0.745. The van der Waals surface area contributed by atoms with E-state index >= 15 is 0 Å². The molecule has 1 aliphatic carbocycles. The van der Waals surface area contributed by atoms with E-state index in [0.29, 0.717) is 10.8 Å². The number of nitrogens with zero attached hydrogens (tertiary/aromatic N) is 3. The van der Waals surface area contributed by atoms with Gasteiger partial charge in [0.1, 0.15) is 11.4 Å².